The molecule has 1 aromatic heterocycles. The highest BCUT2D eigenvalue weighted by atomic mass is 35.5. The van der Waals surface area contributed by atoms with Crippen LogP contribution in [0.1, 0.15) is 41.2 Å². The van der Waals surface area contributed by atoms with Gasteiger partial charge in [-0.05, 0) is 38.5 Å². The number of halogens is 1. The van der Waals surface area contributed by atoms with Gasteiger partial charge >= 0.3 is 5.97 Å². The van der Waals surface area contributed by atoms with Gasteiger partial charge in [0.25, 0.3) is 5.91 Å². The minimum Gasteiger partial charge on any atom is -0.449 e. The van der Waals surface area contributed by atoms with E-state index in [2.05, 4.69) is 10.5 Å². The molecule has 1 aromatic carbocycles. The monoisotopic (exact) mass is 361 g/mol. The van der Waals surface area contributed by atoms with Gasteiger partial charge in [0.1, 0.15) is 17.4 Å². The second kappa shape index (κ2) is 7.81. The van der Waals surface area contributed by atoms with E-state index in [9.17, 15) is 9.59 Å². The topological polar surface area (TPSA) is 105 Å². The number of anilines is 1. The number of esters is 1. The summed E-state index contributed by atoms with van der Waals surface area (Å²) in [5, 5.41) is 15.4. The molecule has 0 radical (unpaired) electrons. The Labute approximate surface area is 149 Å². The number of benzene rings is 1. The molecule has 25 heavy (non-hydrogen) atoms. The molecule has 0 unspecified atom stereocenters. The standard InChI is InChI=1S/C17H16ClN3O4/c1-4-14-15(9(2)25-21-14)17(23)24-10(3)16(22)20-12-6-5-11(8-19)13(18)7-12/h5-7,10H,4H2,1-3H3,(H,20,22)/t10-/m0/s1. The van der Waals surface area contributed by atoms with Gasteiger partial charge in [-0.1, -0.05) is 23.7 Å². The van der Waals surface area contributed by atoms with Crippen LogP contribution in [0.3, 0.4) is 0 Å². The van der Waals surface area contributed by atoms with Gasteiger partial charge in [-0.15, -0.1) is 0 Å². The number of rotatable bonds is 5. The minimum absolute atomic E-state index is 0.220. The molecule has 130 valence electrons. The van der Waals surface area contributed by atoms with E-state index >= 15 is 0 Å². The fourth-order valence-electron chi connectivity index (χ4n) is 2.12. The number of aryl methyl sites for hydroxylation is 2. The smallest absolute Gasteiger partial charge is 0.344 e. The lowest BCUT2D eigenvalue weighted by Crippen LogP contribution is -2.30. The molecule has 0 fully saturated rings. The summed E-state index contributed by atoms with van der Waals surface area (Å²) in [5.41, 5.74) is 1.42. The van der Waals surface area contributed by atoms with Crippen molar-refractivity contribution in [1.29, 1.82) is 5.26 Å². The maximum absolute atomic E-state index is 12.3. The number of nitrogens with zero attached hydrogens (tertiary/aromatic N) is 2. The highest BCUT2D eigenvalue weighted by molar-refractivity contribution is 6.32. The molecule has 0 spiro atoms. The first-order valence-electron chi connectivity index (χ1n) is 7.54. The largest absolute Gasteiger partial charge is 0.449 e. The number of carbonyl (C=O) groups is 2. The molecule has 2 aromatic rings. The van der Waals surface area contributed by atoms with Crippen molar-refractivity contribution in [2.75, 3.05) is 5.32 Å². The molecule has 0 aliphatic heterocycles. The predicted octanol–water partition coefficient (Wildman–Crippen LogP) is 3.25. The number of amides is 1. The SMILES string of the molecule is CCc1noc(C)c1C(=O)O[C@@H](C)C(=O)Nc1ccc(C#N)c(Cl)c1. The van der Waals surface area contributed by atoms with Crippen molar-refractivity contribution in [3.63, 3.8) is 0 Å². The van der Waals surface area contributed by atoms with Crippen LogP contribution >= 0.6 is 11.6 Å². The van der Waals surface area contributed by atoms with Crippen LogP contribution in [0.5, 0.6) is 0 Å². The Balaban J connectivity index is 2.05. The average molecular weight is 362 g/mol. The molecule has 1 N–H and O–H groups in total. The lowest BCUT2D eigenvalue weighted by molar-refractivity contribution is -0.123. The number of nitrogens with one attached hydrogen (secondary N) is 1. The van der Waals surface area contributed by atoms with Crippen LogP contribution < -0.4 is 5.32 Å². The summed E-state index contributed by atoms with van der Waals surface area (Å²) < 4.78 is 10.2. The first-order valence-corrected chi connectivity index (χ1v) is 7.91. The quantitative estimate of drug-likeness (QED) is 0.819. The molecule has 0 aliphatic carbocycles. The summed E-state index contributed by atoms with van der Waals surface area (Å²) in [5.74, 6) is -0.856. The predicted molar refractivity (Wildman–Crippen MR) is 90.3 cm³/mol. The summed E-state index contributed by atoms with van der Waals surface area (Å²) in [6.45, 7) is 4.89. The maximum Gasteiger partial charge on any atom is 0.344 e. The molecule has 0 saturated carbocycles. The molecule has 1 atom stereocenters. The molecular weight excluding hydrogens is 346 g/mol. The minimum atomic E-state index is -1.04. The van der Waals surface area contributed by atoms with Crippen molar-refractivity contribution in [1.82, 2.24) is 5.16 Å². The van der Waals surface area contributed by atoms with E-state index in [1.807, 2.05) is 13.0 Å². The van der Waals surface area contributed by atoms with E-state index in [1.165, 1.54) is 25.1 Å². The Morgan fingerprint density at radius 2 is 2.20 bits per heavy atom. The molecule has 0 aliphatic rings. The zero-order chi connectivity index (χ0) is 18.6. The highest BCUT2D eigenvalue weighted by Gasteiger charge is 2.25. The van der Waals surface area contributed by atoms with Gasteiger partial charge in [0.2, 0.25) is 0 Å². The zero-order valence-electron chi connectivity index (χ0n) is 13.9. The Morgan fingerprint density at radius 3 is 2.80 bits per heavy atom. The number of nitriles is 1. The molecular formula is C17H16ClN3O4. The van der Waals surface area contributed by atoms with Crippen molar-refractivity contribution in [2.45, 2.75) is 33.3 Å². The van der Waals surface area contributed by atoms with Gasteiger partial charge in [-0.3, -0.25) is 4.79 Å². The summed E-state index contributed by atoms with van der Waals surface area (Å²) in [4.78, 5) is 24.4. The third kappa shape index (κ3) is 4.17. The summed E-state index contributed by atoms with van der Waals surface area (Å²) in [7, 11) is 0. The van der Waals surface area contributed by atoms with E-state index in [1.54, 1.807) is 6.92 Å². The first-order chi connectivity index (χ1) is 11.9. The van der Waals surface area contributed by atoms with Crippen molar-refractivity contribution in [3.05, 3.63) is 45.8 Å². The van der Waals surface area contributed by atoms with E-state index in [4.69, 9.17) is 26.1 Å². The molecule has 0 bridgehead atoms. The Bertz CT molecular complexity index is 854. The third-order valence-electron chi connectivity index (χ3n) is 3.48. The Morgan fingerprint density at radius 1 is 1.48 bits per heavy atom. The van der Waals surface area contributed by atoms with Crippen LogP contribution in [0.4, 0.5) is 5.69 Å². The number of carbonyl (C=O) groups excluding carboxylic acids is 2. The fourth-order valence-corrected chi connectivity index (χ4v) is 2.34. The van der Waals surface area contributed by atoms with Crippen LogP contribution in [-0.4, -0.2) is 23.1 Å². The first kappa shape index (κ1) is 18.5. The number of ether oxygens (including phenoxy) is 1. The van der Waals surface area contributed by atoms with Gasteiger partial charge in [0.05, 0.1) is 16.3 Å². The van der Waals surface area contributed by atoms with Crippen LogP contribution in [-0.2, 0) is 16.0 Å². The van der Waals surface area contributed by atoms with Crippen molar-refractivity contribution < 1.29 is 18.8 Å². The van der Waals surface area contributed by atoms with E-state index < -0.39 is 18.0 Å². The van der Waals surface area contributed by atoms with Crippen LogP contribution in [0.15, 0.2) is 22.7 Å². The van der Waals surface area contributed by atoms with Gasteiger partial charge in [0.15, 0.2) is 6.10 Å². The Hall–Kier alpha value is -2.85. The zero-order valence-corrected chi connectivity index (χ0v) is 14.7. The highest BCUT2D eigenvalue weighted by Crippen LogP contribution is 2.21. The second-order valence-corrected chi connectivity index (χ2v) is 5.66. The molecule has 7 nitrogen and oxygen atoms in total. The van der Waals surface area contributed by atoms with Crippen LogP contribution in [0.25, 0.3) is 0 Å². The number of aromatic nitrogens is 1. The summed E-state index contributed by atoms with van der Waals surface area (Å²) in [6.07, 6.45) is -0.535. The fraction of sp³-hybridized carbons (Fsp3) is 0.294. The van der Waals surface area contributed by atoms with E-state index in [0.717, 1.165) is 0 Å². The molecule has 2 rings (SSSR count). The Kier molecular flexibility index (Phi) is 5.78. The van der Waals surface area contributed by atoms with Crippen molar-refractivity contribution in [3.8, 4) is 6.07 Å². The van der Waals surface area contributed by atoms with Crippen LogP contribution in [0, 0.1) is 18.3 Å². The maximum atomic E-state index is 12.3. The van der Waals surface area contributed by atoms with Gasteiger partial charge < -0.3 is 14.6 Å². The lowest BCUT2D eigenvalue weighted by atomic mass is 10.1. The number of hydrogen-bond acceptors (Lipinski definition) is 6. The molecule has 1 amide bonds. The van der Waals surface area contributed by atoms with Crippen LogP contribution in [0.2, 0.25) is 5.02 Å². The second-order valence-electron chi connectivity index (χ2n) is 5.26. The van der Waals surface area contributed by atoms with E-state index in [0.29, 0.717) is 29.1 Å². The van der Waals surface area contributed by atoms with Crippen molar-refractivity contribution >= 4 is 29.2 Å². The average Bonchev–Trinajstić information content (AvgIpc) is 2.95. The normalized spacial score (nSPS) is 11.5. The summed E-state index contributed by atoms with van der Waals surface area (Å²) in [6, 6.07) is 6.40. The third-order valence-corrected chi connectivity index (χ3v) is 3.80. The van der Waals surface area contributed by atoms with Crippen molar-refractivity contribution in [2.24, 2.45) is 0 Å². The van der Waals surface area contributed by atoms with Gasteiger partial charge in [0, 0.05) is 5.69 Å². The molecule has 0 saturated heterocycles. The van der Waals surface area contributed by atoms with Gasteiger partial charge in [-0.25, -0.2) is 4.79 Å². The molecule has 8 heteroatoms. The lowest BCUT2D eigenvalue weighted by Gasteiger charge is -2.14. The van der Waals surface area contributed by atoms with Gasteiger partial charge in [-0.2, -0.15) is 5.26 Å². The number of hydrogen-bond donors (Lipinski definition) is 1. The molecule has 1 heterocycles. The van der Waals surface area contributed by atoms with E-state index in [-0.39, 0.29) is 10.6 Å². The summed E-state index contributed by atoms with van der Waals surface area (Å²) >= 11 is 5.92.